The summed E-state index contributed by atoms with van der Waals surface area (Å²) in [6, 6.07) is 12.6. The number of benzene rings is 2. The standard InChI is InChI=1S/C17H19NO3/c1-3-21-16-9-8-14(10-13(16)11-19)18-17(20)15-7-5-4-6-12(15)2/h4-10,19H,3,11H2,1-2H3,(H,18,20). The molecular formula is C17H19NO3. The van der Waals surface area contributed by atoms with Gasteiger partial charge in [0, 0.05) is 16.8 Å². The number of carbonyl (C=O) groups is 1. The van der Waals surface area contributed by atoms with Crippen LogP contribution in [0.15, 0.2) is 42.5 Å². The first-order valence-corrected chi connectivity index (χ1v) is 6.89. The molecule has 21 heavy (non-hydrogen) atoms. The van der Waals surface area contributed by atoms with Gasteiger partial charge in [-0.05, 0) is 43.7 Å². The highest BCUT2D eigenvalue weighted by Gasteiger charge is 2.10. The lowest BCUT2D eigenvalue weighted by atomic mass is 10.1. The minimum atomic E-state index is -0.166. The number of hydrogen-bond acceptors (Lipinski definition) is 3. The Bertz CT molecular complexity index is 638. The van der Waals surface area contributed by atoms with Crippen molar-refractivity contribution in [2.24, 2.45) is 0 Å². The molecule has 2 aromatic carbocycles. The molecule has 0 saturated heterocycles. The zero-order chi connectivity index (χ0) is 15.2. The number of ether oxygens (including phenoxy) is 1. The average Bonchev–Trinajstić information content (AvgIpc) is 2.49. The van der Waals surface area contributed by atoms with Gasteiger partial charge in [0.25, 0.3) is 5.91 Å². The topological polar surface area (TPSA) is 58.6 Å². The Labute approximate surface area is 124 Å². The number of amides is 1. The molecule has 4 nitrogen and oxygen atoms in total. The number of anilines is 1. The maximum atomic E-state index is 12.2. The van der Waals surface area contributed by atoms with Gasteiger partial charge in [-0.1, -0.05) is 18.2 Å². The molecule has 1 amide bonds. The number of aliphatic hydroxyl groups excluding tert-OH is 1. The van der Waals surface area contributed by atoms with Crippen LogP contribution < -0.4 is 10.1 Å². The molecule has 0 spiro atoms. The van der Waals surface area contributed by atoms with Crippen molar-refractivity contribution in [2.75, 3.05) is 11.9 Å². The minimum Gasteiger partial charge on any atom is -0.494 e. The molecule has 0 fully saturated rings. The fraction of sp³-hybridized carbons (Fsp3) is 0.235. The van der Waals surface area contributed by atoms with E-state index in [1.807, 2.05) is 32.0 Å². The molecule has 0 bridgehead atoms. The maximum absolute atomic E-state index is 12.2. The SMILES string of the molecule is CCOc1ccc(NC(=O)c2ccccc2C)cc1CO. The third-order valence-electron chi connectivity index (χ3n) is 3.18. The van der Waals surface area contributed by atoms with Gasteiger partial charge in [0.2, 0.25) is 0 Å². The summed E-state index contributed by atoms with van der Waals surface area (Å²) in [7, 11) is 0. The van der Waals surface area contributed by atoms with Crippen molar-refractivity contribution in [1.29, 1.82) is 0 Å². The van der Waals surface area contributed by atoms with E-state index in [0.717, 1.165) is 5.56 Å². The highest BCUT2D eigenvalue weighted by atomic mass is 16.5. The summed E-state index contributed by atoms with van der Waals surface area (Å²) in [5.74, 6) is 0.468. The minimum absolute atomic E-state index is 0.136. The largest absolute Gasteiger partial charge is 0.494 e. The van der Waals surface area contributed by atoms with Crippen LogP contribution in [0.5, 0.6) is 5.75 Å². The molecule has 0 radical (unpaired) electrons. The van der Waals surface area contributed by atoms with E-state index in [0.29, 0.717) is 29.2 Å². The van der Waals surface area contributed by atoms with Crippen LogP contribution in [0.3, 0.4) is 0 Å². The number of carbonyl (C=O) groups excluding carboxylic acids is 1. The van der Waals surface area contributed by atoms with E-state index >= 15 is 0 Å². The van der Waals surface area contributed by atoms with E-state index in [1.165, 1.54) is 0 Å². The van der Waals surface area contributed by atoms with Crippen LogP contribution in [-0.2, 0) is 6.61 Å². The first kappa shape index (κ1) is 15.1. The Morgan fingerprint density at radius 1 is 1.24 bits per heavy atom. The van der Waals surface area contributed by atoms with Gasteiger partial charge in [-0.25, -0.2) is 0 Å². The Morgan fingerprint density at radius 3 is 2.67 bits per heavy atom. The highest BCUT2D eigenvalue weighted by molar-refractivity contribution is 6.05. The van der Waals surface area contributed by atoms with E-state index in [4.69, 9.17) is 4.74 Å². The third-order valence-corrected chi connectivity index (χ3v) is 3.18. The molecule has 0 aliphatic heterocycles. The van der Waals surface area contributed by atoms with E-state index in [9.17, 15) is 9.90 Å². The van der Waals surface area contributed by atoms with Gasteiger partial charge in [-0.15, -0.1) is 0 Å². The lowest BCUT2D eigenvalue weighted by Gasteiger charge is -2.12. The number of rotatable bonds is 5. The second-order valence-electron chi connectivity index (χ2n) is 4.68. The summed E-state index contributed by atoms with van der Waals surface area (Å²) in [5, 5.41) is 12.2. The van der Waals surface area contributed by atoms with Crippen molar-refractivity contribution >= 4 is 11.6 Å². The molecule has 0 aliphatic rings. The lowest BCUT2D eigenvalue weighted by Crippen LogP contribution is -2.13. The zero-order valence-corrected chi connectivity index (χ0v) is 12.2. The smallest absolute Gasteiger partial charge is 0.255 e. The molecule has 0 unspecified atom stereocenters. The van der Waals surface area contributed by atoms with Gasteiger partial charge in [-0.2, -0.15) is 0 Å². The summed E-state index contributed by atoms with van der Waals surface area (Å²) in [5.41, 5.74) is 2.84. The predicted molar refractivity (Wildman–Crippen MR) is 82.7 cm³/mol. The number of aliphatic hydroxyl groups is 1. The Kier molecular flexibility index (Phi) is 4.95. The molecule has 0 atom stereocenters. The zero-order valence-electron chi connectivity index (χ0n) is 12.2. The normalized spacial score (nSPS) is 10.2. The van der Waals surface area contributed by atoms with Crippen LogP contribution in [0.25, 0.3) is 0 Å². The maximum Gasteiger partial charge on any atom is 0.255 e. The molecular weight excluding hydrogens is 266 g/mol. The molecule has 0 saturated carbocycles. The van der Waals surface area contributed by atoms with Crippen molar-refractivity contribution in [1.82, 2.24) is 0 Å². The summed E-state index contributed by atoms with van der Waals surface area (Å²) in [4.78, 5) is 12.2. The number of aryl methyl sites for hydroxylation is 1. The van der Waals surface area contributed by atoms with Gasteiger partial charge in [0.05, 0.1) is 13.2 Å². The summed E-state index contributed by atoms with van der Waals surface area (Å²) >= 11 is 0. The van der Waals surface area contributed by atoms with Crippen LogP contribution in [0.1, 0.15) is 28.4 Å². The first-order valence-electron chi connectivity index (χ1n) is 6.89. The molecule has 2 rings (SSSR count). The van der Waals surface area contributed by atoms with E-state index in [-0.39, 0.29) is 12.5 Å². The predicted octanol–water partition coefficient (Wildman–Crippen LogP) is 3.14. The quantitative estimate of drug-likeness (QED) is 0.887. The van der Waals surface area contributed by atoms with Crippen LogP contribution in [0.4, 0.5) is 5.69 Å². The van der Waals surface area contributed by atoms with Crippen LogP contribution >= 0.6 is 0 Å². The third kappa shape index (κ3) is 3.61. The Morgan fingerprint density at radius 2 is 2.00 bits per heavy atom. The van der Waals surface area contributed by atoms with E-state index in [2.05, 4.69) is 5.32 Å². The molecule has 2 aromatic rings. The van der Waals surface area contributed by atoms with Gasteiger partial charge >= 0.3 is 0 Å². The molecule has 2 N–H and O–H groups in total. The second kappa shape index (κ2) is 6.90. The van der Waals surface area contributed by atoms with Crippen molar-refractivity contribution in [3.8, 4) is 5.75 Å². The molecule has 110 valence electrons. The first-order chi connectivity index (χ1) is 10.2. The van der Waals surface area contributed by atoms with Crippen molar-refractivity contribution in [3.05, 3.63) is 59.2 Å². The van der Waals surface area contributed by atoms with Crippen LogP contribution in [0, 0.1) is 6.92 Å². The monoisotopic (exact) mass is 285 g/mol. The van der Waals surface area contributed by atoms with Crippen molar-refractivity contribution in [3.63, 3.8) is 0 Å². The Hall–Kier alpha value is -2.33. The van der Waals surface area contributed by atoms with E-state index in [1.54, 1.807) is 24.3 Å². The highest BCUT2D eigenvalue weighted by Crippen LogP contribution is 2.23. The molecule has 0 aliphatic carbocycles. The van der Waals surface area contributed by atoms with Gasteiger partial charge in [0.1, 0.15) is 5.75 Å². The van der Waals surface area contributed by atoms with Crippen molar-refractivity contribution < 1.29 is 14.6 Å². The molecule has 0 aromatic heterocycles. The van der Waals surface area contributed by atoms with Gasteiger partial charge < -0.3 is 15.2 Å². The Balaban J connectivity index is 2.20. The number of hydrogen-bond donors (Lipinski definition) is 2. The van der Waals surface area contributed by atoms with Gasteiger partial charge in [0.15, 0.2) is 0 Å². The van der Waals surface area contributed by atoms with Crippen molar-refractivity contribution in [2.45, 2.75) is 20.5 Å². The fourth-order valence-electron chi connectivity index (χ4n) is 2.10. The average molecular weight is 285 g/mol. The molecule has 4 heteroatoms. The lowest BCUT2D eigenvalue weighted by molar-refractivity contribution is 0.102. The number of nitrogens with one attached hydrogen (secondary N) is 1. The summed E-state index contributed by atoms with van der Waals surface area (Å²) in [6.45, 7) is 4.17. The summed E-state index contributed by atoms with van der Waals surface area (Å²) < 4.78 is 5.42. The second-order valence-corrected chi connectivity index (χ2v) is 4.68. The summed E-state index contributed by atoms with van der Waals surface area (Å²) in [6.07, 6.45) is 0. The van der Waals surface area contributed by atoms with Gasteiger partial charge in [-0.3, -0.25) is 4.79 Å². The molecule has 0 heterocycles. The fourth-order valence-corrected chi connectivity index (χ4v) is 2.10. The van der Waals surface area contributed by atoms with E-state index < -0.39 is 0 Å². The van der Waals surface area contributed by atoms with Crippen LogP contribution in [-0.4, -0.2) is 17.6 Å². The van der Waals surface area contributed by atoms with Crippen LogP contribution in [0.2, 0.25) is 0 Å².